The number of hydrogen-bond donors (Lipinski definition) is 0. The van der Waals surface area contributed by atoms with Gasteiger partial charge in [-0.1, -0.05) is 0 Å². The Morgan fingerprint density at radius 1 is 0.621 bits per heavy atom. The van der Waals surface area contributed by atoms with Crippen LogP contribution in [0.2, 0.25) is 19.6 Å². The van der Waals surface area contributed by atoms with Crippen LogP contribution < -0.4 is 0 Å². The van der Waals surface area contributed by atoms with E-state index in [0.29, 0.717) is 0.928 Å². The van der Waals surface area contributed by atoms with Crippen molar-refractivity contribution >= 4 is 12.2 Å². The molecule has 2 aliphatic carbocycles. The predicted molar refractivity (Wildman–Crippen MR) is 123 cm³/mol. The fraction of sp³-hybridized carbons (Fsp3) is 0.407. The van der Waals surface area contributed by atoms with E-state index in [4.69, 9.17) is 0 Å². The van der Waals surface area contributed by atoms with Crippen LogP contribution in [-0.2, 0) is 39.9 Å². The average Bonchev–Trinajstić information content (AvgIpc) is 3.16. The van der Waals surface area contributed by atoms with Gasteiger partial charge < -0.3 is 0 Å². The number of allylic oxidation sites excluding steroid dienone is 2. The molecule has 0 saturated heterocycles. The van der Waals surface area contributed by atoms with E-state index in [1.807, 2.05) is 0 Å². The molecule has 2 heteroatoms. The molecule has 2 unspecified atom stereocenters. The van der Waals surface area contributed by atoms with Gasteiger partial charge in [0, 0.05) is 0 Å². The zero-order valence-electron chi connectivity index (χ0n) is 19.4. The minimum atomic E-state index is -2.78. The van der Waals surface area contributed by atoms with E-state index in [1.165, 1.54) is 11.1 Å². The summed E-state index contributed by atoms with van der Waals surface area (Å²) in [6.07, 6.45) is 4.97. The fourth-order valence-corrected chi connectivity index (χ4v) is 91.2. The third-order valence-electron chi connectivity index (χ3n) is 8.96. The Kier molecular flexibility index (Phi) is 5.56. The van der Waals surface area contributed by atoms with E-state index in [1.54, 1.807) is 22.3 Å². The molecule has 0 saturated carbocycles. The second-order valence-corrected chi connectivity index (χ2v) is 55.3. The minimum absolute atomic E-state index is 0.536. The van der Waals surface area contributed by atoms with Gasteiger partial charge in [0.15, 0.2) is 0 Å². The summed E-state index contributed by atoms with van der Waals surface area (Å²) < 4.78 is 13.1. The summed E-state index contributed by atoms with van der Waals surface area (Å²) in [7, 11) is 0. The number of hydrogen-bond acceptors (Lipinski definition) is 0. The van der Waals surface area contributed by atoms with E-state index in [0.717, 1.165) is 7.35 Å². The summed E-state index contributed by atoms with van der Waals surface area (Å²) in [5.74, 6) is 0. The van der Waals surface area contributed by atoms with Gasteiger partial charge in [-0.15, -0.1) is 0 Å². The number of fused-ring (bicyclic) bond motifs is 2. The first-order valence-corrected chi connectivity index (χ1v) is 33.2. The summed E-state index contributed by atoms with van der Waals surface area (Å²) >= 11 is -5.56. The van der Waals surface area contributed by atoms with Crippen LogP contribution in [0.4, 0.5) is 0 Å². The summed E-state index contributed by atoms with van der Waals surface area (Å²) in [6, 6.07) is 18.4. The van der Waals surface area contributed by atoms with Crippen molar-refractivity contribution < 1.29 is 39.9 Å². The van der Waals surface area contributed by atoms with Gasteiger partial charge in [-0.05, 0) is 0 Å². The average molecular weight is 718 g/mol. The van der Waals surface area contributed by atoms with Crippen LogP contribution in [0.25, 0.3) is 12.2 Å². The van der Waals surface area contributed by atoms with E-state index in [-0.39, 0.29) is 0 Å². The van der Waals surface area contributed by atoms with Gasteiger partial charge in [-0.2, -0.15) is 0 Å². The van der Waals surface area contributed by atoms with Gasteiger partial charge in [-0.25, -0.2) is 0 Å². The second-order valence-electron chi connectivity index (χ2n) is 11.0. The quantitative estimate of drug-likeness (QED) is 0.277. The molecule has 2 aromatic rings. The van der Waals surface area contributed by atoms with E-state index in [9.17, 15) is 0 Å². The number of benzene rings is 2. The van der Waals surface area contributed by atoms with Crippen molar-refractivity contribution in [3.63, 3.8) is 0 Å². The normalized spacial score (nSPS) is 21.5. The number of rotatable bonds is 4. The molecule has 0 nitrogen and oxygen atoms in total. The van der Waals surface area contributed by atoms with Crippen LogP contribution in [0.3, 0.4) is 0 Å². The van der Waals surface area contributed by atoms with Gasteiger partial charge in [0.05, 0.1) is 0 Å². The maximum atomic E-state index is 2.78. The summed E-state index contributed by atoms with van der Waals surface area (Å²) in [6.45, 7) is 10.2. The first-order chi connectivity index (χ1) is 13.5. The molecule has 0 radical (unpaired) electrons. The molecular formula is C27H36Hf2. The Bertz CT molecular complexity index is 939. The Morgan fingerprint density at radius 3 is 1.34 bits per heavy atom. The van der Waals surface area contributed by atoms with Crippen molar-refractivity contribution in [3.05, 3.63) is 81.9 Å². The Balaban J connectivity index is 1.80. The molecule has 0 aromatic heterocycles. The van der Waals surface area contributed by atoms with Crippen LogP contribution in [0.5, 0.6) is 0 Å². The molecule has 0 fully saturated rings. The van der Waals surface area contributed by atoms with Gasteiger partial charge in [0.2, 0.25) is 0 Å². The SMILES string of the molecule is CC1=Cc2ccccc2[CH]1[Hf]([CH3])([CH3])[C](C)(C)[Hf]([CH3])([CH3])[CH]1C(C)=Cc2ccccc21. The Hall–Kier alpha value is -0.340. The molecular weight excluding hydrogens is 681 g/mol. The summed E-state index contributed by atoms with van der Waals surface area (Å²) in [4.78, 5) is 0. The van der Waals surface area contributed by atoms with Crippen LogP contribution in [0.15, 0.2) is 59.7 Å². The van der Waals surface area contributed by atoms with Crippen molar-refractivity contribution in [1.82, 2.24) is 0 Å². The Morgan fingerprint density at radius 2 is 0.966 bits per heavy atom. The first-order valence-electron chi connectivity index (χ1n) is 11.0. The van der Waals surface area contributed by atoms with Crippen LogP contribution in [0.1, 0.15) is 57.3 Å². The van der Waals surface area contributed by atoms with Crippen LogP contribution >= 0.6 is 0 Å². The van der Waals surface area contributed by atoms with Crippen molar-refractivity contribution in [2.24, 2.45) is 0 Å². The van der Waals surface area contributed by atoms with Crippen molar-refractivity contribution in [1.29, 1.82) is 0 Å². The van der Waals surface area contributed by atoms with Crippen LogP contribution in [-0.4, -0.2) is 0 Å². The molecule has 0 amide bonds. The zero-order valence-corrected chi connectivity index (χ0v) is 26.6. The molecule has 29 heavy (non-hydrogen) atoms. The molecule has 0 aliphatic heterocycles. The molecule has 4 rings (SSSR count). The molecule has 152 valence electrons. The van der Waals surface area contributed by atoms with Crippen LogP contribution in [0, 0.1) is 0 Å². The van der Waals surface area contributed by atoms with Crippen molar-refractivity contribution in [2.75, 3.05) is 0 Å². The molecule has 2 atom stereocenters. The topological polar surface area (TPSA) is 0 Å². The molecule has 2 aromatic carbocycles. The van der Waals surface area contributed by atoms with E-state index < -0.39 is 39.9 Å². The molecule has 0 heterocycles. The van der Waals surface area contributed by atoms with Gasteiger partial charge in [0.1, 0.15) is 0 Å². The second kappa shape index (κ2) is 7.37. The fourth-order valence-electron chi connectivity index (χ4n) is 6.43. The van der Waals surface area contributed by atoms with Crippen molar-refractivity contribution in [2.45, 2.75) is 54.7 Å². The first kappa shape index (κ1) is 21.9. The maximum absolute atomic E-state index is 2.78. The third-order valence-corrected chi connectivity index (χ3v) is 85.9. The van der Waals surface area contributed by atoms with E-state index in [2.05, 4.69) is 107 Å². The standard InChI is InChI=1S/2C10H9.C3H6.4CH3.2Hf/c2*1-8-6-9-4-2-3-5-10(9)7-8;1-3-2;;;;;;/h2*2-7H,1H3;1-2H3;4*1H3;;. The predicted octanol–water partition coefficient (Wildman–Crippen LogP) is 8.96. The molecule has 0 spiro atoms. The molecule has 0 N–H and O–H groups in total. The van der Waals surface area contributed by atoms with Crippen molar-refractivity contribution in [3.8, 4) is 0 Å². The summed E-state index contributed by atoms with van der Waals surface area (Å²) in [5, 5.41) is 0. The zero-order chi connectivity index (χ0) is 21.2. The molecule has 2 aliphatic rings. The summed E-state index contributed by atoms with van der Waals surface area (Å²) in [5.41, 5.74) is 9.50. The Labute approximate surface area is 187 Å². The monoisotopic (exact) mass is 720 g/mol. The van der Waals surface area contributed by atoms with Gasteiger partial charge in [-0.3, -0.25) is 0 Å². The van der Waals surface area contributed by atoms with Gasteiger partial charge >= 0.3 is 189 Å². The molecule has 0 bridgehead atoms. The third kappa shape index (κ3) is 3.18. The van der Waals surface area contributed by atoms with Gasteiger partial charge in [0.25, 0.3) is 0 Å². The van der Waals surface area contributed by atoms with E-state index >= 15 is 0 Å².